The molecule has 6 heteroatoms. The minimum Gasteiger partial charge on any atom is -0.354 e. The highest BCUT2D eigenvalue weighted by atomic mass is 35.5. The number of amides is 1. The van der Waals surface area contributed by atoms with Gasteiger partial charge in [0.25, 0.3) is 0 Å². The van der Waals surface area contributed by atoms with Crippen molar-refractivity contribution in [3.63, 3.8) is 0 Å². The normalized spacial score (nSPS) is 11.5. The van der Waals surface area contributed by atoms with Gasteiger partial charge in [-0.25, -0.2) is 4.68 Å². The lowest BCUT2D eigenvalue weighted by molar-refractivity contribution is -0.121. The zero-order valence-electron chi connectivity index (χ0n) is 11.3. The molecule has 1 heterocycles. The number of nitrogens with zero attached hydrogens (tertiary/aromatic N) is 2. The molecule has 1 atom stereocenters. The number of carbonyl (C=O) groups is 1. The molecule has 0 aliphatic heterocycles. The summed E-state index contributed by atoms with van der Waals surface area (Å²) in [5.41, 5.74) is 7.57. The summed E-state index contributed by atoms with van der Waals surface area (Å²) >= 11 is 0. The Morgan fingerprint density at radius 3 is 2.75 bits per heavy atom. The maximum Gasteiger partial charge on any atom is 0.236 e. The predicted octanol–water partition coefficient (Wildman–Crippen LogP) is 1.30. The Kier molecular flexibility index (Phi) is 6.21. The number of hydrogen-bond donors (Lipinski definition) is 2. The topological polar surface area (TPSA) is 72.9 Å². The van der Waals surface area contributed by atoms with Crippen LogP contribution in [0.1, 0.15) is 12.5 Å². The summed E-state index contributed by atoms with van der Waals surface area (Å²) in [7, 11) is 0. The van der Waals surface area contributed by atoms with Crippen LogP contribution in [-0.2, 0) is 11.2 Å². The van der Waals surface area contributed by atoms with Gasteiger partial charge in [-0.1, -0.05) is 18.2 Å². The van der Waals surface area contributed by atoms with Gasteiger partial charge < -0.3 is 11.1 Å². The van der Waals surface area contributed by atoms with Gasteiger partial charge in [0, 0.05) is 12.7 Å². The molecule has 1 aromatic carbocycles. The van der Waals surface area contributed by atoms with E-state index in [1.807, 2.05) is 47.4 Å². The van der Waals surface area contributed by atoms with Gasteiger partial charge in [0.1, 0.15) is 0 Å². The Morgan fingerprint density at radius 1 is 1.40 bits per heavy atom. The van der Waals surface area contributed by atoms with Crippen LogP contribution in [-0.4, -0.2) is 28.3 Å². The van der Waals surface area contributed by atoms with Crippen LogP contribution in [0.25, 0.3) is 5.69 Å². The van der Waals surface area contributed by atoms with Gasteiger partial charge in [-0.05, 0) is 31.0 Å². The van der Waals surface area contributed by atoms with E-state index >= 15 is 0 Å². The second-order valence-corrected chi connectivity index (χ2v) is 4.46. The van der Waals surface area contributed by atoms with E-state index in [4.69, 9.17) is 5.73 Å². The minimum atomic E-state index is -0.466. The molecule has 0 aliphatic rings. The molecule has 1 amide bonds. The molecule has 20 heavy (non-hydrogen) atoms. The first kappa shape index (κ1) is 16.2. The maximum atomic E-state index is 11.3. The van der Waals surface area contributed by atoms with Gasteiger partial charge in [-0.15, -0.1) is 12.4 Å². The first-order valence-electron chi connectivity index (χ1n) is 6.29. The van der Waals surface area contributed by atoms with Crippen molar-refractivity contribution >= 4 is 18.3 Å². The van der Waals surface area contributed by atoms with Gasteiger partial charge in [0.05, 0.1) is 17.9 Å². The van der Waals surface area contributed by atoms with E-state index in [1.165, 1.54) is 0 Å². The van der Waals surface area contributed by atoms with E-state index in [0.29, 0.717) is 6.54 Å². The molecular formula is C14H19ClN4O. The van der Waals surface area contributed by atoms with Crippen LogP contribution in [0, 0.1) is 0 Å². The lowest BCUT2D eigenvalue weighted by Crippen LogP contribution is -2.39. The molecule has 0 fully saturated rings. The molecule has 108 valence electrons. The summed E-state index contributed by atoms with van der Waals surface area (Å²) in [6, 6.07) is 9.44. The van der Waals surface area contributed by atoms with Crippen molar-refractivity contribution in [1.82, 2.24) is 15.1 Å². The molecule has 0 aliphatic carbocycles. The number of hydrogen-bond acceptors (Lipinski definition) is 3. The van der Waals surface area contributed by atoms with Crippen LogP contribution in [0.4, 0.5) is 0 Å². The first-order valence-corrected chi connectivity index (χ1v) is 6.29. The van der Waals surface area contributed by atoms with Gasteiger partial charge in [0.2, 0.25) is 5.91 Å². The predicted molar refractivity (Wildman–Crippen MR) is 81.2 cm³/mol. The van der Waals surface area contributed by atoms with Gasteiger partial charge in [-0.2, -0.15) is 5.10 Å². The zero-order valence-corrected chi connectivity index (χ0v) is 12.1. The summed E-state index contributed by atoms with van der Waals surface area (Å²) in [6.07, 6.45) is 4.52. The SMILES string of the molecule is CC(N)C(=O)NCCc1cnn(-c2ccccc2)c1.Cl. The van der Waals surface area contributed by atoms with Crippen molar-refractivity contribution in [3.05, 3.63) is 48.3 Å². The summed E-state index contributed by atoms with van der Waals surface area (Å²) in [4.78, 5) is 11.3. The van der Waals surface area contributed by atoms with Crippen molar-refractivity contribution in [2.45, 2.75) is 19.4 Å². The van der Waals surface area contributed by atoms with E-state index in [1.54, 1.807) is 6.92 Å². The van der Waals surface area contributed by atoms with Crippen molar-refractivity contribution < 1.29 is 4.79 Å². The summed E-state index contributed by atoms with van der Waals surface area (Å²) in [5.74, 6) is -0.129. The minimum absolute atomic E-state index is 0. The number of halogens is 1. The van der Waals surface area contributed by atoms with E-state index < -0.39 is 6.04 Å². The molecule has 2 aromatic rings. The highest BCUT2D eigenvalue weighted by molar-refractivity contribution is 5.85. The molecule has 5 nitrogen and oxygen atoms in total. The summed E-state index contributed by atoms with van der Waals surface area (Å²) in [5, 5.41) is 7.08. The third-order valence-electron chi connectivity index (χ3n) is 2.78. The largest absolute Gasteiger partial charge is 0.354 e. The maximum absolute atomic E-state index is 11.3. The number of nitrogens with one attached hydrogen (secondary N) is 1. The van der Waals surface area contributed by atoms with E-state index in [9.17, 15) is 4.79 Å². The van der Waals surface area contributed by atoms with Crippen molar-refractivity contribution in [2.24, 2.45) is 5.73 Å². The summed E-state index contributed by atoms with van der Waals surface area (Å²) in [6.45, 7) is 2.24. The number of benzene rings is 1. The Balaban J connectivity index is 0.00000200. The van der Waals surface area contributed by atoms with Crippen LogP contribution in [0.15, 0.2) is 42.7 Å². The van der Waals surface area contributed by atoms with Crippen LogP contribution < -0.4 is 11.1 Å². The molecule has 1 unspecified atom stereocenters. The lowest BCUT2D eigenvalue weighted by Gasteiger charge is -2.06. The molecular weight excluding hydrogens is 276 g/mol. The molecule has 0 saturated heterocycles. The van der Waals surface area contributed by atoms with Crippen molar-refractivity contribution in [2.75, 3.05) is 6.54 Å². The van der Waals surface area contributed by atoms with E-state index in [-0.39, 0.29) is 18.3 Å². The second-order valence-electron chi connectivity index (χ2n) is 4.46. The van der Waals surface area contributed by atoms with Crippen LogP contribution in [0.5, 0.6) is 0 Å². The highest BCUT2D eigenvalue weighted by Crippen LogP contribution is 2.07. The Bertz CT molecular complexity index is 539. The number of aromatic nitrogens is 2. The van der Waals surface area contributed by atoms with Crippen LogP contribution in [0.2, 0.25) is 0 Å². The molecule has 1 aromatic heterocycles. The highest BCUT2D eigenvalue weighted by Gasteiger charge is 2.06. The monoisotopic (exact) mass is 294 g/mol. The molecule has 3 N–H and O–H groups in total. The number of rotatable bonds is 5. The molecule has 0 radical (unpaired) electrons. The fourth-order valence-electron chi connectivity index (χ4n) is 1.70. The van der Waals surface area contributed by atoms with Crippen molar-refractivity contribution in [1.29, 1.82) is 0 Å². The molecule has 0 spiro atoms. The quantitative estimate of drug-likeness (QED) is 0.873. The molecule has 0 saturated carbocycles. The third kappa shape index (κ3) is 4.36. The van der Waals surface area contributed by atoms with E-state index in [0.717, 1.165) is 17.7 Å². The first-order chi connectivity index (χ1) is 9.16. The average molecular weight is 295 g/mol. The summed E-state index contributed by atoms with van der Waals surface area (Å²) < 4.78 is 1.82. The van der Waals surface area contributed by atoms with Gasteiger partial charge in [-0.3, -0.25) is 4.79 Å². The third-order valence-corrected chi connectivity index (χ3v) is 2.78. The Morgan fingerprint density at radius 2 is 2.10 bits per heavy atom. The van der Waals surface area contributed by atoms with Gasteiger partial charge in [0.15, 0.2) is 0 Å². The van der Waals surface area contributed by atoms with Crippen LogP contribution >= 0.6 is 12.4 Å². The fourth-order valence-corrected chi connectivity index (χ4v) is 1.70. The Hall–Kier alpha value is -1.85. The Labute approximate surface area is 124 Å². The van der Waals surface area contributed by atoms with Gasteiger partial charge >= 0.3 is 0 Å². The zero-order chi connectivity index (χ0) is 13.7. The number of nitrogens with two attached hydrogens (primary N) is 1. The standard InChI is InChI=1S/C14H18N4O.ClH/c1-11(15)14(19)16-8-7-12-9-17-18(10-12)13-5-3-2-4-6-13;/h2-6,9-11H,7-8,15H2,1H3,(H,16,19);1H. The average Bonchev–Trinajstić information content (AvgIpc) is 2.88. The van der Waals surface area contributed by atoms with Crippen molar-refractivity contribution in [3.8, 4) is 5.69 Å². The molecule has 0 bridgehead atoms. The number of para-hydroxylation sites is 1. The smallest absolute Gasteiger partial charge is 0.236 e. The fraction of sp³-hybridized carbons (Fsp3) is 0.286. The number of carbonyl (C=O) groups excluding carboxylic acids is 1. The lowest BCUT2D eigenvalue weighted by atomic mass is 10.2. The van der Waals surface area contributed by atoms with Crippen LogP contribution in [0.3, 0.4) is 0 Å². The van der Waals surface area contributed by atoms with E-state index in [2.05, 4.69) is 10.4 Å². The molecule has 2 rings (SSSR count). The second kappa shape index (κ2) is 7.67.